The molecule has 4 aromatic rings. The molecule has 4 rings (SSSR count). The number of para-hydroxylation sites is 2. The fraction of sp³-hybridized carbons (Fsp3) is 0.280. The first-order valence-electron chi connectivity index (χ1n) is 11.3. The number of carbonyl (C=O) groups excluding carboxylic acids is 2. The fourth-order valence-electron chi connectivity index (χ4n) is 4.02. The summed E-state index contributed by atoms with van der Waals surface area (Å²) in [6, 6.07) is 13.2. The fourth-order valence-corrected chi connectivity index (χ4v) is 4.02. The van der Waals surface area contributed by atoms with Gasteiger partial charge in [-0.1, -0.05) is 12.1 Å². The SMILES string of the molecule is CCOC(=O)c1cnn(-c2ccc(C(=O)N(C)Cc3nc4ccccc4n3CC)cc2)c1C(F)(F)F. The molecule has 188 valence electrons. The van der Waals surface area contributed by atoms with Crippen LogP contribution in [0, 0.1) is 0 Å². The van der Waals surface area contributed by atoms with Gasteiger partial charge in [-0.3, -0.25) is 4.79 Å². The molecular formula is C25H24F3N5O3. The summed E-state index contributed by atoms with van der Waals surface area (Å²) in [5.41, 5.74) is 0.221. The Labute approximate surface area is 204 Å². The summed E-state index contributed by atoms with van der Waals surface area (Å²) in [4.78, 5) is 31.1. The highest BCUT2D eigenvalue weighted by Gasteiger charge is 2.41. The number of halogens is 3. The minimum Gasteiger partial charge on any atom is -0.462 e. The Bertz CT molecular complexity index is 1410. The van der Waals surface area contributed by atoms with Crippen LogP contribution in [0.15, 0.2) is 54.7 Å². The van der Waals surface area contributed by atoms with Crippen molar-refractivity contribution in [2.45, 2.75) is 33.1 Å². The number of amides is 1. The van der Waals surface area contributed by atoms with Crippen LogP contribution in [0.4, 0.5) is 13.2 Å². The zero-order chi connectivity index (χ0) is 26.0. The molecule has 0 spiro atoms. The number of benzene rings is 2. The van der Waals surface area contributed by atoms with Crippen molar-refractivity contribution in [1.29, 1.82) is 0 Å². The minimum atomic E-state index is -4.85. The predicted molar refractivity (Wildman–Crippen MR) is 126 cm³/mol. The van der Waals surface area contributed by atoms with E-state index < -0.39 is 23.4 Å². The lowest BCUT2D eigenvalue weighted by Crippen LogP contribution is -2.27. The maximum atomic E-state index is 13.8. The number of rotatable bonds is 7. The average molecular weight is 499 g/mol. The quantitative estimate of drug-likeness (QED) is 0.344. The Morgan fingerprint density at radius 2 is 1.75 bits per heavy atom. The van der Waals surface area contributed by atoms with Crippen LogP contribution in [-0.2, 0) is 24.0 Å². The molecule has 0 fully saturated rings. The zero-order valence-electron chi connectivity index (χ0n) is 19.9. The molecule has 0 atom stereocenters. The van der Waals surface area contributed by atoms with Crippen LogP contribution in [0.2, 0.25) is 0 Å². The lowest BCUT2D eigenvalue weighted by molar-refractivity contribution is -0.143. The molecule has 2 heterocycles. The monoisotopic (exact) mass is 499 g/mol. The summed E-state index contributed by atoms with van der Waals surface area (Å²) >= 11 is 0. The first-order valence-corrected chi connectivity index (χ1v) is 11.3. The number of carbonyl (C=O) groups is 2. The number of imidazole rings is 1. The van der Waals surface area contributed by atoms with Crippen LogP contribution in [0.5, 0.6) is 0 Å². The van der Waals surface area contributed by atoms with Gasteiger partial charge in [0, 0.05) is 19.2 Å². The zero-order valence-corrected chi connectivity index (χ0v) is 19.9. The van der Waals surface area contributed by atoms with E-state index in [2.05, 4.69) is 10.1 Å². The number of aromatic nitrogens is 4. The van der Waals surface area contributed by atoms with Gasteiger partial charge in [0.15, 0.2) is 5.69 Å². The second kappa shape index (κ2) is 9.84. The van der Waals surface area contributed by atoms with Crippen LogP contribution >= 0.6 is 0 Å². The molecule has 0 aliphatic carbocycles. The van der Waals surface area contributed by atoms with Gasteiger partial charge in [0.05, 0.1) is 36.1 Å². The van der Waals surface area contributed by atoms with E-state index in [1.165, 1.54) is 36.1 Å². The summed E-state index contributed by atoms with van der Waals surface area (Å²) in [5.74, 6) is -0.702. The third-order valence-electron chi connectivity index (χ3n) is 5.67. The Hall–Kier alpha value is -4.15. The van der Waals surface area contributed by atoms with Crippen molar-refractivity contribution < 1.29 is 27.5 Å². The van der Waals surface area contributed by atoms with Crippen molar-refractivity contribution in [2.75, 3.05) is 13.7 Å². The molecule has 0 bridgehead atoms. The van der Waals surface area contributed by atoms with Crippen molar-refractivity contribution in [2.24, 2.45) is 0 Å². The topological polar surface area (TPSA) is 82.2 Å². The molecule has 0 saturated heterocycles. The van der Waals surface area contributed by atoms with Gasteiger partial charge >= 0.3 is 12.1 Å². The van der Waals surface area contributed by atoms with Gasteiger partial charge in [0.1, 0.15) is 11.4 Å². The number of fused-ring (bicyclic) bond motifs is 1. The van der Waals surface area contributed by atoms with Gasteiger partial charge in [-0.05, 0) is 50.2 Å². The normalized spacial score (nSPS) is 11.6. The first-order chi connectivity index (χ1) is 17.2. The van der Waals surface area contributed by atoms with E-state index in [0.717, 1.165) is 23.1 Å². The molecule has 11 heteroatoms. The molecule has 0 unspecified atom stereocenters. The van der Waals surface area contributed by atoms with E-state index >= 15 is 0 Å². The molecule has 0 aliphatic heterocycles. The van der Waals surface area contributed by atoms with Gasteiger partial charge < -0.3 is 14.2 Å². The highest BCUT2D eigenvalue weighted by atomic mass is 19.4. The van der Waals surface area contributed by atoms with Crippen LogP contribution < -0.4 is 0 Å². The third-order valence-corrected chi connectivity index (χ3v) is 5.67. The minimum absolute atomic E-state index is 0.0462. The average Bonchev–Trinajstić information content (AvgIpc) is 3.45. The Kier molecular flexibility index (Phi) is 6.82. The smallest absolute Gasteiger partial charge is 0.434 e. The number of ether oxygens (including phenoxy) is 1. The van der Waals surface area contributed by atoms with Crippen LogP contribution in [0.1, 0.15) is 46.1 Å². The largest absolute Gasteiger partial charge is 0.462 e. The highest BCUT2D eigenvalue weighted by molar-refractivity contribution is 5.94. The van der Waals surface area contributed by atoms with Crippen molar-refractivity contribution in [3.05, 3.63) is 77.4 Å². The van der Waals surface area contributed by atoms with E-state index in [0.29, 0.717) is 11.2 Å². The van der Waals surface area contributed by atoms with Gasteiger partial charge in [0.2, 0.25) is 0 Å². The molecule has 1 amide bonds. The Morgan fingerprint density at radius 1 is 1.06 bits per heavy atom. The van der Waals surface area contributed by atoms with Crippen molar-refractivity contribution in [3.8, 4) is 5.69 Å². The molecule has 2 aromatic heterocycles. The summed E-state index contributed by atoms with van der Waals surface area (Å²) in [5, 5.41) is 3.75. The van der Waals surface area contributed by atoms with Gasteiger partial charge in [-0.15, -0.1) is 0 Å². The summed E-state index contributed by atoms with van der Waals surface area (Å²) < 4.78 is 48.6. The molecule has 2 aromatic carbocycles. The number of alkyl halides is 3. The first kappa shape index (κ1) is 25.0. The van der Waals surface area contributed by atoms with Crippen molar-refractivity contribution in [1.82, 2.24) is 24.2 Å². The lowest BCUT2D eigenvalue weighted by atomic mass is 10.1. The van der Waals surface area contributed by atoms with Crippen LogP contribution in [-0.4, -0.2) is 49.8 Å². The number of aryl methyl sites for hydroxylation is 1. The maximum absolute atomic E-state index is 13.8. The predicted octanol–water partition coefficient (Wildman–Crippen LogP) is 4.71. The summed E-state index contributed by atoms with van der Waals surface area (Å²) in [7, 11) is 1.64. The van der Waals surface area contributed by atoms with Gasteiger partial charge in [0.25, 0.3) is 5.91 Å². The summed E-state index contributed by atoms with van der Waals surface area (Å²) in [6.45, 7) is 4.37. The Balaban J connectivity index is 1.58. The van der Waals surface area contributed by atoms with Gasteiger partial charge in [-0.25, -0.2) is 14.5 Å². The molecule has 8 nitrogen and oxygen atoms in total. The van der Waals surface area contributed by atoms with E-state index in [1.807, 2.05) is 35.8 Å². The second-order valence-corrected chi connectivity index (χ2v) is 8.01. The van der Waals surface area contributed by atoms with Gasteiger partial charge in [-0.2, -0.15) is 18.3 Å². The molecule has 36 heavy (non-hydrogen) atoms. The van der Waals surface area contributed by atoms with E-state index in [9.17, 15) is 22.8 Å². The molecule has 0 N–H and O–H groups in total. The molecule has 0 saturated carbocycles. The summed E-state index contributed by atoms with van der Waals surface area (Å²) in [6.07, 6.45) is -4.02. The number of hydrogen-bond donors (Lipinski definition) is 0. The highest BCUT2D eigenvalue weighted by Crippen LogP contribution is 2.34. The Morgan fingerprint density at radius 3 is 2.39 bits per heavy atom. The number of nitrogens with zero attached hydrogens (tertiary/aromatic N) is 5. The molecule has 0 radical (unpaired) electrons. The number of esters is 1. The van der Waals surface area contributed by atoms with Crippen LogP contribution in [0.25, 0.3) is 16.7 Å². The standard InChI is InChI=1S/C25H24F3N5O3/c1-4-32-20-9-7-6-8-19(20)30-21(32)15-31(3)23(34)16-10-12-17(13-11-16)33-22(25(26,27)28)18(14-29-33)24(35)36-5-2/h6-14H,4-5,15H2,1-3H3. The van der Waals surface area contributed by atoms with Crippen molar-refractivity contribution >= 4 is 22.9 Å². The maximum Gasteiger partial charge on any atom is 0.434 e. The molecule has 0 aliphatic rings. The number of hydrogen-bond acceptors (Lipinski definition) is 5. The van der Waals surface area contributed by atoms with E-state index in [4.69, 9.17) is 4.74 Å². The van der Waals surface area contributed by atoms with Crippen LogP contribution in [0.3, 0.4) is 0 Å². The third kappa shape index (κ3) is 4.68. The molecular weight excluding hydrogens is 475 g/mol. The van der Waals surface area contributed by atoms with E-state index in [1.54, 1.807) is 7.05 Å². The van der Waals surface area contributed by atoms with E-state index in [-0.39, 0.29) is 30.3 Å². The second-order valence-electron chi connectivity index (χ2n) is 8.01. The lowest BCUT2D eigenvalue weighted by Gasteiger charge is -2.18. The van der Waals surface area contributed by atoms with Crippen molar-refractivity contribution in [3.63, 3.8) is 0 Å².